The SMILES string of the molecule is CCOc1ccc(C)cc1C(NC)c1ccccc1. The van der Waals surface area contributed by atoms with Crippen LogP contribution in [-0.4, -0.2) is 13.7 Å². The zero-order valence-electron chi connectivity index (χ0n) is 11.8. The molecule has 2 heteroatoms. The van der Waals surface area contributed by atoms with E-state index >= 15 is 0 Å². The summed E-state index contributed by atoms with van der Waals surface area (Å²) in [4.78, 5) is 0. The summed E-state index contributed by atoms with van der Waals surface area (Å²) in [5.74, 6) is 0.955. The maximum atomic E-state index is 5.76. The first-order valence-electron chi connectivity index (χ1n) is 6.71. The smallest absolute Gasteiger partial charge is 0.124 e. The van der Waals surface area contributed by atoms with E-state index in [1.54, 1.807) is 0 Å². The molecule has 2 aromatic rings. The van der Waals surface area contributed by atoms with Crippen LogP contribution in [0.1, 0.15) is 29.7 Å². The second-order valence-corrected chi connectivity index (χ2v) is 4.61. The summed E-state index contributed by atoms with van der Waals surface area (Å²) < 4.78 is 5.76. The van der Waals surface area contributed by atoms with Crippen LogP contribution in [0.5, 0.6) is 5.75 Å². The van der Waals surface area contributed by atoms with Gasteiger partial charge in [-0.15, -0.1) is 0 Å². The lowest BCUT2D eigenvalue weighted by atomic mass is 9.96. The van der Waals surface area contributed by atoms with E-state index in [1.807, 2.05) is 20.0 Å². The van der Waals surface area contributed by atoms with Crippen molar-refractivity contribution in [2.45, 2.75) is 19.9 Å². The first-order valence-corrected chi connectivity index (χ1v) is 6.71. The molecule has 0 aliphatic rings. The van der Waals surface area contributed by atoms with Crippen LogP contribution in [-0.2, 0) is 0 Å². The minimum absolute atomic E-state index is 0.155. The fourth-order valence-corrected chi connectivity index (χ4v) is 2.33. The van der Waals surface area contributed by atoms with E-state index in [9.17, 15) is 0 Å². The third-order valence-corrected chi connectivity index (χ3v) is 3.20. The number of hydrogen-bond donors (Lipinski definition) is 1. The van der Waals surface area contributed by atoms with Gasteiger partial charge in [0.15, 0.2) is 0 Å². The Morgan fingerprint density at radius 1 is 1.11 bits per heavy atom. The van der Waals surface area contributed by atoms with Crippen molar-refractivity contribution >= 4 is 0 Å². The molecule has 0 bridgehead atoms. The van der Waals surface area contributed by atoms with Gasteiger partial charge in [0, 0.05) is 5.56 Å². The first kappa shape index (κ1) is 13.6. The first-order chi connectivity index (χ1) is 9.26. The molecule has 0 aromatic heterocycles. The van der Waals surface area contributed by atoms with Crippen LogP contribution in [0.25, 0.3) is 0 Å². The third kappa shape index (κ3) is 3.15. The Morgan fingerprint density at radius 2 is 1.84 bits per heavy atom. The molecule has 1 atom stereocenters. The Morgan fingerprint density at radius 3 is 2.47 bits per heavy atom. The highest BCUT2D eigenvalue weighted by molar-refractivity contribution is 5.43. The average Bonchev–Trinajstić information content (AvgIpc) is 2.44. The van der Waals surface area contributed by atoms with E-state index in [4.69, 9.17) is 4.74 Å². The van der Waals surface area contributed by atoms with Crippen LogP contribution < -0.4 is 10.1 Å². The quantitative estimate of drug-likeness (QED) is 0.879. The summed E-state index contributed by atoms with van der Waals surface area (Å²) in [7, 11) is 1.98. The average molecular weight is 255 g/mol. The molecule has 0 spiro atoms. The Hall–Kier alpha value is -1.80. The van der Waals surface area contributed by atoms with Crippen molar-refractivity contribution in [1.82, 2.24) is 5.32 Å². The lowest BCUT2D eigenvalue weighted by Crippen LogP contribution is -2.18. The molecule has 0 aliphatic carbocycles. The second kappa shape index (κ2) is 6.39. The summed E-state index contributed by atoms with van der Waals surface area (Å²) in [6.07, 6.45) is 0. The summed E-state index contributed by atoms with van der Waals surface area (Å²) in [6, 6.07) is 16.9. The van der Waals surface area contributed by atoms with Gasteiger partial charge in [-0.2, -0.15) is 0 Å². The predicted octanol–water partition coefficient (Wildman–Crippen LogP) is 3.70. The number of aryl methyl sites for hydroxylation is 1. The van der Waals surface area contributed by atoms with Crippen molar-refractivity contribution in [3.05, 3.63) is 65.2 Å². The van der Waals surface area contributed by atoms with Crippen molar-refractivity contribution in [3.8, 4) is 5.75 Å². The van der Waals surface area contributed by atoms with Crippen molar-refractivity contribution < 1.29 is 4.74 Å². The number of hydrogen-bond acceptors (Lipinski definition) is 2. The molecule has 2 nitrogen and oxygen atoms in total. The minimum atomic E-state index is 0.155. The van der Waals surface area contributed by atoms with Crippen LogP contribution in [0.15, 0.2) is 48.5 Å². The van der Waals surface area contributed by atoms with Gasteiger partial charge in [0.2, 0.25) is 0 Å². The molecule has 2 rings (SSSR count). The van der Waals surface area contributed by atoms with Crippen molar-refractivity contribution in [2.24, 2.45) is 0 Å². The molecule has 0 fully saturated rings. The topological polar surface area (TPSA) is 21.3 Å². The Kier molecular flexibility index (Phi) is 4.58. The third-order valence-electron chi connectivity index (χ3n) is 3.20. The highest BCUT2D eigenvalue weighted by Crippen LogP contribution is 2.30. The van der Waals surface area contributed by atoms with Gasteiger partial charge in [-0.1, -0.05) is 48.0 Å². The lowest BCUT2D eigenvalue weighted by Gasteiger charge is -2.21. The Bertz CT molecular complexity index is 522. The monoisotopic (exact) mass is 255 g/mol. The maximum absolute atomic E-state index is 5.76. The standard InChI is InChI=1S/C17H21NO/c1-4-19-16-11-10-13(2)12-15(16)17(18-3)14-8-6-5-7-9-14/h5-12,17-18H,4H2,1-3H3. The molecule has 1 N–H and O–H groups in total. The molecule has 19 heavy (non-hydrogen) atoms. The van der Waals surface area contributed by atoms with Crippen molar-refractivity contribution in [2.75, 3.05) is 13.7 Å². The number of ether oxygens (including phenoxy) is 1. The van der Waals surface area contributed by atoms with E-state index in [0.29, 0.717) is 6.61 Å². The minimum Gasteiger partial charge on any atom is -0.494 e. The van der Waals surface area contributed by atoms with Gasteiger partial charge in [0.25, 0.3) is 0 Å². The molecule has 0 aliphatic heterocycles. The van der Waals surface area contributed by atoms with Gasteiger partial charge in [-0.05, 0) is 32.5 Å². The van der Waals surface area contributed by atoms with E-state index in [0.717, 1.165) is 5.75 Å². The number of benzene rings is 2. The van der Waals surface area contributed by atoms with Gasteiger partial charge in [0.05, 0.1) is 12.6 Å². The van der Waals surface area contributed by atoms with E-state index in [-0.39, 0.29) is 6.04 Å². The van der Waals surface area contributed by atoms with Gasteiger partial charge < -0.3 is 10.1 Å². The summed E-state index contributed by atoms with van der Waals surface area (Å²) >= 11 is 0. The van der Waals surface area contributed by atoms with Gasteiger partial charge >= 0.3 is 0 Å². The largest absolute Gasteiger partial charge is 0.494 e. The van der Waals surface area contributed by atoms with E-state index < -0.39 is 0 Å². The zero-order valence-corrected chi connectivity index (χ0v) is 11.8. The molecule has 1 unspecified atom stereocenters. The zero-order chi connectivity index (χ0) is 13.7. The Balaban J connectivity index is 2.45. The lowest BCUT2D eigenvalue weighted by molar-refractivity contribution is 0.334. The summed E-state index contributed by atoms with van der Waals surface area (Å²) in [6.45, 7) is 4.80. The molecule has 2 aromatic carbocycles. The van der Waals surface area contributed by atoms with Crippen LogP contribution >= 0.6 is 0 Å². The Labute approximate surface area is 115 Å². The molecular formula is C17H21NO. The van der Waals surface area contributed by atoms with E-state index in [1.165, 1.54) is 16.7 Å². The van der Waals surface area contributed by atoms with Crippen LogP contribution in [0, 0.1) is 6.92 Å². The molecule has 0 radical (unpaired) electrons. The maximum Gasteiger partial charge on any atom is 0.124 e. The van der Waals surface area contributed by atoms with Crippen LogP contribution in [0.4, 0.5) is 0 Å². The molecule has 100 valence electrons. The molecule has 0 saturated carbocycles. The van der Waals surface area contributed by atoms with Gasteiger partial charge in [-0.25, -0.2) is 0 Å². The summed E-state index contributed by atoms with van der Waals surface area (Å²) in [5, 5.41) is 3.38. The predicted molar refractivity (Wildman–Crippen MR) is 79.7 cm³/mol. The second-order valence-electron chi connectivity index (χ2n) is 4.61. The highest BCUT2D eigenvalue weighted by Gasteiger charge is 2.16. The van der Waals surface area contributed by atoms with Crippen molar-refractivity contribution in [3.63, 3.8) is 0 Å². The summed E-state index contributed by atoms with van der Waals surface area (Å²) in [5.41, 5.74) is 3.68. The van der Waals surface area contributed by atoms with Crippen molar-refractivity contribution in [1.29, 1.82) is 0 Å². The van der Waals surface area contributed by atoms with E-state index in [2.05, 4.69) is 54.7 Å². The fraction of sp³-hybridized carbons (Fsp3) is 0.294. The normalized spacial score (nSPS) is 12.2. The molecular weight excluding hydrogens is 234 g/mol. The molecule has 0 amide bonds. The molecule has 0 heterocycles. The number of rotatable bonds is 5. The highest BCUT2D eigenvalue weighted by atomic mass is 16.5. The molecule has 0 saturated heterocycles. The van der Waals surface area contributed by atoms with Crippen LogP contribution in [0.3, 0.4) is 0 Å². The van der Waals surface area contributed by atoms with Crippen LogP contribution in [0.2, 0.25) is 0 Å². The number of nitrogens with one attached hydrogen (secondary N) is 1. The van der Waals surface area contributed by atoms with Gasteiger partial charge in [-0.3, -0.25) is 0 Å². The van der Waals surface area contributed by atoms with Gasteiger partial charge in [0.1, 0.15) is 5.75 Å². The fourth-order valence-electron chi connectivity index (χ4n) is 2.33.